The smallest absolute Gasteiger partial charge is 0.115 e. The molecule has 0 saturated heterocycles. The Bertz CT molecular complexity index is 1470. The van der Waals surface area contributed by atoms with E-state index in [1.54, 1.807) is 6.07 Å². The third kappa shape index (κ3) is 3.49. The third-order valence-electron chi connectivity index (χ3n) is 7.20. The van der Waals surface area contributed by atoms with Crippen LogP contribution < -0.4 is 0 Å². The Balaban J connectivity index is 1.80. The lowest BCUT2D eigenvalue weighted by molar-refractivity contribution is 0.475. The molecule has 0 bridgehead atoms. The van der Waals surface area contributed by atoms with Crippen molar-refractivity contribution in [2.45, 2.75) is 33.1 Å². The van der Waals surface area contributed by atoms with Crippen molar-refractivity contribution >= 4 is 5.57 Å². The number of hydrogen-bond donors (Lipinski definition) is 1. The second-order valence-corrected chi connectivity index (χ2v) is 9.78. The molecule has 0 heterocycles. The summed E-state index contributed by atoms with van der Waals surface area (Å²) in [6, 6.07) is 27.9. The molecule has 1 heteroatoms. The highest BCUT2D eigenvalue weighted by molar-refractivity contribution is 5.94. The zero-order valence-corrected chi connectivity index (χ0v) is 20.3. The van der Waals surface area contributed by atoms with Crippen LogP contribution in [0, 0.1) is 6.92 Å². The SMILES string of the molecule is C=C/C=C(\C)c1cc(-c2ccc(O)cc2C)cc(-c2cccc3c2-c2ccccc2C3(C)C)c1. The van der Waals surface area contributed by atoms with Crippen molar-refractivity contribution in [2.24, 2.45) is 0 Å². The lowest BCUT2D eigenvalue weighted by Crippen LogP contribution is -2.14. The van der Waals surface area contributed by atoms with Crippen LogP contribution in [0.5, 0.6) is 5.75 Å². The van der Waals surface area contributed by atoms with E-state index in [-0.39, 0.29) is 5.41 Å². The number of hydrogen-bond acceptors (Lipinski definition) is 1. The van der Waals surface area contributed by atoms with Gasteiger partial charge < -0.3 is 5.11 Å². The quantitative estimate of drug-likeness (QED) is 0.313. The summed E-state index contributed by atoms with van der Waals surface area (Å²) in [5.74, 6) is 0.292. The van der Waals surface area contributed by atoms with Gasteiger partial charge in [0.25, 0.3) is 0 Å². The summed E-state index contributed by atoms with van der Waals surface area (Å²) >= 11 is 0. The maximum atomic E-state index is 9.96. The van der Waals surface area contributed by atoms with Gasteiger partial charge in [-0.15, -0.1) is 0 Å². The highest BCUT2D eigenvalue weighted by Gasteiger charge is 2.36. The summed E-state index contributed by atoms with van der Waals surface area (Å²) in [5, 5.41) is 9.96. The Morgan fingerprint density at radius 3 is 2.21 bits per heavy atom. The van der Waals surface area contributed by atoms with Gasteiger partial charge in [-0.2, -0.15) is 0 Å². The van der Waals surface area contributed by atoms with Crippen molar-refractivity contribution in [1.29, 1.82) is 0 Å². The second kappa shape index (κ2) is 8.18. The number of fused-ring (bicyclic) bond motifs is 3. The molecule has 0 atom stereocenters. The Hall–Kier alpha value is -3.84. The summed E-state index contributed by atoms with van der Waals surface area (Å²) in [7, 11) is 0. The largest absolute Gasteiger partial charge is 0.508 e. The monoisotopic (exact) mass is 442 g/mol. The Labute approximate surface area is 202 Å². The molecule has 0 spiro atoms. The van der Waals surface area contributed by atoms with Crippen LogP contribution in [0.1, 0.15) is 43.0 Å². The predicted octanol–water partition coefficient (Wildman–Crippen LogP) is 8.93. The maximum absolute atomic E-state index is 9.96. The molecular weight excluding hydrogens is 412 g/mol. The number of rotatable bonds is 4. The van der Waals surface area contributed by atoms with E-state index in [0.29, 0.717) is 5.75 Å². The lowest BCUT2D eigenvalue weighted by atomic mass is 9.82. The average molecular weight is 443 g/mol. The maximum Gasteiger partial charge on any atom is 0.115 e. The molecule has 168 valence electrons. The van der Waals surface area contributed by atoms with Gasteiger partial charge in [-0.25, -0.2) is 0 Å². The summed E-state index contributed by atoms with van der Waals surface area (Å²) in [6.45, 7) is 12.7. The molecule has 0 saturated carbocycles. The van der Waals surface area contributed by atoms with Gasteiger partial charge in [-0.1, -0.05) is 81.1 Å². The molecule has 0 aliphatic heterocycles. The van der Waals surface area contributed by atoms with Crippen LogP contribution in [-0.2, 0) is 5.41 Å². The van der Waals surface area contributed by atoms with Gasteiger partial charge in [0.1, 0.15) is 5.75 Å². The van der Waals surface area contributed by atoms with E-state index in [9.17, 15) is 5.11 Å². The molecule has 1 N–H and O–H groups in total. The highest BCUT2D eigenvalue weighted by atomic mass is 16.3. The van der Waals surface area contributed by atoms with E-state index in [2.05, 4.69) is 94.1 Å². The van der Waals surface area contributed by atoms with Gasteiger partial charge in [0, 0.05) is 5.41 Å². The molecule has 0 aromatic heterocycles. The molecule has 1 nitrogen and oxygen atoms in total. The predicted molar refractivity (Wildman–Crippen MR) is 145 cm³/mol. The van der Waals surface area contributed by atoms with Crippen molar-refractivity contribution in [3.8, 4) is 39.1 Å². The van der Waals surface area contributed by atoms with Crippen molar-refractivity contribution in [2.75, 3.05) is 0 Å². The van der Waals surface area contributed by atoms with Crippen molar-refractivity contribution in [1.82, 2.24) is 0 Å². The normalized spacial score (nSPS) is 13.9. The van der Waals surface area contributed by atoms with Gasteiger partial charge in [-0.05, 0) is 105 Å². The summed E-state index contributed by atoms with van der Waals surface area (Å²) in [4.78, 5) is 0. The van der Waals surface area contributed by atoms with Crippen LogP contribution in [0.3, 0.4) is 0 Å². The van der Waals surface area contributed by atoms with E-state index in [1.165, 1.54) is 44.5 Å². The minimum Gasteiger partial charge on any atom is -0.508 e. The van der Waals surface area contributed by atoms with Gasteiger partial charge in [0.05, 0.1) is 0 Å². The Kier molecular flexibility index (Phi) is 5.29. The summed E-state index contributed by atoms with van der Waals surface area (Å²) < 4.78 is 0. The number of aryl methyl sites for hydroxylation is 1. The van der Waals surface area contributed by atoms with Gasteiger partial charge in [-0.3, -0.25) is 0 Å². The number of aromatic hydroxyl groups is 1. The van der Waals surface area contributed by atoms with Crippen molar-refractivity contribution in [3.63, 3.8) is 0 Å². The fourth-order valence-corrected chi connectivity index (χ4v) is 5.41. The van der Waals surface area contributed by atoms with Crippen LogP contribution in [0.2, 0.25) is 0 Å². The first kappa shape index (κ1) is 22.0. The van der Waals surface area contributed by atoms with Crippen LogP contribution in [0.15, 0.2) is 97.6 Å². The second-order valence-electron chi connectivity index (χ2n) is 9.78. The van der Waals surface area contributed by atoms with Crippen molar-refractivity contribution in [3.05, 3.63) is 120 Å². The fourth-order valence-electron chi connectivity index (χ4n) is 5.41. The number of phenolic OH excluding ortho intramolecular Hbond substituents is 1. The Morgan fingerprint density at radius 1 is 0.794 bits per heavy atom. The molecule has 34 heavy (non-hydrogen) atoms. The van der Waals surface area contributed by atoms with Crippen LogP contribution in [-0.4, -0.2) is 5.11 Å². The molecule has 4 aromatic rings. The zero-order valence-electron chi connectivity index (χ0n) is 20.3. The van der Waals surface area contributed by atoms with E-state index in [0.717, 1.165) is 16.7 Å². The Morgan fingerprint density at radius 2 is 1.47 bits per heavy atom. The molecule has 5 rings (SSSR count). The number of allylic oxidation sites excluding steroid dienone is 3. The number of benzene rings is 4. The first-order chi connectivity index (χ1) is 16.3. The molecule has 0 radical (unpaired) electrons. The standard InChI is InChI=1S/C33H30O/c1-6-10-21(2)23-18-24(27-16-15-26(34)17-22(27)3)20-25(19-23)28-12-9-14-31-32(28)29-11-7-8-13-30(29)33(31,4)5/h6-20,34H,1H2,2-5H3/b21-10+. The van der Waals surface area contributed by atoms with E-state index >= 15 is 0 Å². The molecule has 1 aliphatic rings. The molecule has 0 amide bonds. The van der Waals surface area contributed by atoms with Gasteiger partial charge in [0.15, 0.2) is 0 Å². The molecule has 1 aliphatic carbocycles. The molecule has 4 aromatic carbocycles. The highest BCUT2D eigenvalue weighted by Crippen LogP contribution is 2.52. The number of phenols is 1. The van der Waals surface area contributed by atoms with Crippen LogP contribution >= 0.6 is 0 Å². The van der Waals surface area contributed by atoms with E-state index in [1.807, 2.05) is 25.1 Å². The van der Waals surface area contributed by atoms with Gasteiger partial charge >= 0.3 is 0 Å². The topological polar surface area (TPSA) is 20.2 Å². The first-order valence-corrected chi connectivity index (χ1v) is 11.8. The van der Waals surface area contributed by atoms with Gasteiger partial charge in [0.2, 0.25) is 0 Å². The minimum atomic E-state index is -0.0332. The van der Waals surface area contributed by atoms with E-state index < -0.39 is 0 Å². The fraction of sp³-hybridized carbons (Fsp3) is 0.152. The van der Waals surface area contributed by atoms with E-state index in [4.69, 9.17) is 0 Å². The third-order valence-corrected chi connectivity index (χ3v) is 7.20. The van der Waals surface area contributed by atoms with Crippen LogP contribution in [0.25, 0.3) is 39.0 Å². The molecular formula is C33H30O. The molecule has 0 fully saturated rings. The lowest BCUT2D eigenvalue weighted by Gasteiger charge is -2.21. The molecule has 0 unspecified atom stereocenters. The zero-order chi connectivity index (χ0) is 24.0. The first-order valence-electron chi connectivity index (χ1n) is 11.8. The average Bonchev–Trinajstić information content (AvgIpc) is 3.06. The summed E-state index contributed by atoms with van der Waals surface area (Å²) in [5.41, 5.74) is 13.5. The summed E-state index contributed by atoms with van der Waals surface area (Å²) in [6.07, 6.45) is 3.90. The minimum absolute atomic E-state index is 0.0332. The van der Waals surface area contributed by atoms with Crippen molar-refractivity contribution < 1.29 is 5.11 Å². The van der Waals surface area contributed by atoms with Crippen LogP contribution in [0.4, 0.5) is 0 Å².